The normalized spacial score (nSPS) is 11.1. The van der Waals surface area contributed by atoms with Crippen molar-refractivity contribution in [2.75, 3.05) is 13.1 Å². The van der Waals surface area contributed by atoms with Crippen molar-refractivity contribution in [3.63, 3.8) is 0 Å². The van der Waals surface area contributed by atoms with Crippen molar-refractivity contribution in [2.24, 2.45) is 0 Å². The zero-order valence-electron chi connectivity index (χ0n) is 8.09. The first-order valence-electron chi connectivity index (χ1n) is 4.51. The lowest BCUT2D eigenvalue weighted by Gasteiger charge is -2.15. The maximum Gasteiger partial charge on any atom is 0.108 e. The molecule has 0 atom stereocenters. The van der Waals surface area contributed by atoms with Crippen LogP contribution in [-0.4, -0.2) is 23.0 Å². The Bertz CT molecular complexity index is 246. The Morgan fingerprint density at radius 2 is 2.15 bits per heavy atom. The molecule has 0 N–H and O–H groups in total. The van der Waals surface area contributed by atoms with Gasteiger partial charge in [0.2, 0.25) is 0 Å². The molecule has 0 aliphatic carbocycles. The molecule has 0 aliphatic rings. The molecule has 1 aromatic rings. The Kier molecular flexibility index (Phi) is 4.70. The van der Waals surface area contributed by atoms with Crippen LogP contribution in [0.5, 0.6) is 0 Å². The molecule has 0 spiro atoms. The Hall–Kier alpha value is -0.120. The monoisotopic (exact) mass is 218 g/mol. The number of halogens is 1. The first kappa shape index (κ1) is 11.0. The average Bonchev–Trinajstić information content (AvgIpc) is 2.61. The summed E-state index contributed by atoms with van der Waals surface area (Å²) in [6.07, 6.45) is 0. The lowest BCUT2D eigenvalue weighted by atomic mass is 10.4. The maximum absolute atomic E-state index is 5.68. The molecule has 74 valence electrons. The molecule has 0 aromatic carbocycles. The minimum Gasteiger partial charge on any atom is -0.298 e. The third kappa shape index (κ3) is 3.25. The highest BCUT2D eigenvalue weighted by molar-refractivity contribution is 7.09. The highest BCUT2D eigenvalue weighted by atomic mass is 35.5. The van der Waals surface area contributed by atoms with Gasteiger partial charge in [-0.3, -0.25) is 4.90 Å². The summed E-state index contributed by atoms with van der Waals surface area (Å²) in [6.45, 7) is 7.42. The van der Waals surface area contributed by atoms with E-state index in [2.05, 4.69) is 29.1 Å². The van der Waals surface area contributed by atoms with Gasteiger partial charge in [-0.2, -0.15) is 0 Å². The summed E-state index contributed by atoms with van der Waals surface area (Å²) in [5, 5.41) is 3.11. The van der Waals surface area contributed by atoms with Gasteiger partial charge in [0.05, 0.1) is 11.6 Å². The molecular formula is C9H15ClN2S. The Balaban J connectivity index is 2.52. The van der Waals surface area contributed by atoms with Gasteiger partial charge in [-0.05, 0) is 13.1 Å². The molecule has 0 amide bonds. The molecule has 1 heterocycles. The van der Waals surface area contributed by atoms with Gasteiger partial charge >= 0.3 is 0 Å². The van der Waals surface area contributed by atoms with Crippen LogP contribution in [0.3, 0.4) is 0 Å². The predicted octanol–water partition coefficient (Wildman–Crippen LogP) is 2.72. The summed E-state index contributed by atoms with van der Waals surface area (Å²) >= 11 is 7.32. The molecule has 0 radical (unpaired) electrons. The van der Waals surface area contributed by atoms with Gasteiger partial charge < -0.3 is 0 Å². The lowest BCUT2D eigenvalue weighted by molar-refractivity contribution is 0.293. The fourth-order valence-electron chi connectivity index (χ4n) is 1.16. The summed E-state index contributed by atoms with van der Waals surface area (Å²) in [4.78, 5) is 6.75. The molecule has 4 heteroatoms. The van der Waals surface area contributed by atoms with Gasteiger partial charge in [-0.1, -0.05) is 13.8 Å². The van der Waals surface area contributed by atoms with Crippen LogP contribution in [0.1, 0.15) is 24.5 Å². The number of alkyl halides is 1. The molecule has 13 heavy (non-hydrogen) atoms. The molecule has 0 saturated carbocycles. The van der Waals surface area contributed by atoms with E-state index in [0.717, 1.165) is 30.3 Å². The SMILES string of the molecule is CCN(CC)Cc1csc(CCl)n1. The quantitative estimate of drug-likeness (QED) is 0.707. The Morgan fingerprint density at radius 1 is 1.46 bits per heavy atom. The van der Waals surface area contributed by atoms with E-state index in [1.165, 1.54) is 0 Å². The van der Waals surface area contributed by atoms with Crippen LogP contribution in [-0.2, 0) is 12.4 Å². The third-order valence-electron chi connectivity index (χ3n) is 1.99. The molecule has 1 aromatic heterocycles. The van der Waals surface area contributed by atoms with Crippen LogP contribution < -0.4 is 0 Å². The van der Waals surface area contributed by atoms with E-state index in [4.69, 9.17) is 11.6 Å². The second-order valence-corrected chi connectivity index (χ2v) is 4.04. The molecule has 0 fully saturated rings. The molecule has 0 aliphatic heterocycles. The first-order chi connectivity index (χ1) is 6.30. The molecular weight excluding hydrogens is 204 g/mol. The number of hydrogen-bond donors (Lipinski definition) is 0. The van der Waals surface area contributed by atoms with Crippen LogP contribution in [0.2, 0.25) is 0 Å². The van der Waals surface area contributed by atoms with E-state index < -0.39 is 0 Å². The summed E-state index contributed by atoms with van der Waals surface area (Å²) in [5.41, 5.74) is 1.14. The predicted molar refractivity (Wildman–Crippen MR) is 58.3 cm³/mol. The van der Waals surface area contributed by atoms with Crippen molar-refractivity contribution in [1.29, 1.82) is 0 Å². The number of hydrogen-bond acceptors (Lipinski definition) is 3. The highest BCUT2D eigenvalue weighted by Gasteiger charge is 2.04. The van der Waals surface area contributed by atoms with E-state index in [-0.39, 0.29) is 0 Å². The smallest absolute Gasteiger partial charge is 0.108 e. The topological polar surface area (TPSA) is 16.1 Å². The largest absolute Gasteiger partial charge is 0.298 e. The van der Waals surface area contributed by atoms with Gasteiger partial charge in [-0.15, -0.1) is 22.9 Å². The van der Waals surface area contributed by atoms with Crippen LogP contribution >= 0.6 is 22.9 Å². The number of aromatic nitrogens is 1. The van der Waals surface area contributed by atoms with Crippen molar-refractivity contribution in [2.45, 2.75) is 26.3 Å². The zero-order valence-corrected chi connectivity index (χ0v) is 9.66. The maximum atomic E-state index is 5.68. The Labute approximate surface area is 88.5 Å². The van der Waals surface area contributed by atoms with Gasteiger partial charge in [0, 0.05) is 11.9 Å². The van der Waals surface area contributed by atoms with E-state index >= 15 is 0 Å². The lowest BCUT2D eigenvalue weighted by Crippen LogP contribution is -2.22. The van der Waals surface area contributed by atoms with Crippen LogP contribution in [0, 0.1) is 0 Å². The van der Waals surface area contributed by atoms with Crippen molar-refractivity contribution in [3.05, 3.63) is 16.1 Å². The van der Waals surface area contributed by atoms with E-state index in [1.54, 1.807) is 11.3 Å². The summed E-state index contributed by atoms with van der Waals surface area (Å²) in [7, 11) is 0. The minimum absolute atomic E-state index is 0.531. The number of nitrogens with zero attached hydrogens (tertiary/aromatic N) is 2. The number of rotatable bonds is 5. The van der Waals surface area contributed by atoms with E-state index in [1.807, 2.05) is 0 Å². The van der Waals surface area contributed by atoms with Crippen molar-refractivity contribution < 1.29 is 0 Å². The van der Waals surface area contributed by atoms with Gasteiger partial charge in [-0.25, -0.2) is 4.98 Å². The van der Waals surface area contributed by atoms with Gasteiger partial charge in [0.25, 0.3) is 0 Å². The molecule has 0 unspecified atom stereocenters. The van der Waals surface area contributed by atoms with Gasteiger partial charge in [0.1, 0.15) is 5.01 Å². The van der Waals surface area contributed by atoms with E-state index in [0.29, 0.717) is 5.88 Å². The average molecular weight is 219 g/mol. The molecule has 0 bridgehead atoms. The standard InChI is InChI=1S/C9H15ClN2S/c1-3-12(4-2)6-8-7-13-9(5-10)11-8/h7H,3-6H2,1-2H3. The van der Waals surface area contributed by atoms with E-state index in [9.17, 15) is 0 Å². The Morgan fingerprint density at radius 3 is 2.62 bits per heavy atom. The second-order valence-electron chi connectivity index (χ2n) is 2.83. The summed E-state index contributed by atoms with van der Waals surface area (Å²) in [6, 6.07) is 0. The van der Waals surface area contributed by atoms with Crippen molar-refractivity contribution in [3.8, 4) is 0 Å². The minimum atomic E-state index is 0.531. The fraction of sp³-hybridized carbons (Fsp3) is 0.667. The molecule has 1 rings (SSSR count). The first-order valence-corrected chi connectivity index (χ1v) is 5.93. The number of thiazole rings is 1. The van der Waals surface area contributed by atoms with Crippen LogP contribution in [0.4, 0.5) is 0 Å². The zero-order chi connectivity index (χ0) is 9.68. The van der Waals surface area contributed by atoms with Crippen molar-refractivity contribution >= 4 is 22.9 Å². The molecule has 2 nitrogen and oxygen atoms in total. The molecule has 0 saturated heterocycles. The van der Waals surface area contributed by atoms with Crippen molar-refractivity contribution in [1.82, 2.24) is 9.88 Å². The van der Waals surface area contributed by atoms with Gasteiger partial charge in [0.15, 0.2) is 0 Å². The summed E-state index contributed by atoms with van der Waals surface area (Å²) in [5.74, 6) is 0.531. The highest BCUT2D eigenvalue weighted by Crippen LogP contribution is 2.13. The second kappa shape index (κ2) is 5.58. The fourth-order valence-corrected chi connectivity index (χ4v) is 2.04. The third-order valence-corrected chi connectivity index (χ3v) is 3.30. The summed E-state index contributed by atoms with van der Waals surface area (Å²) < 4.78 is 0. The van der Waals surface area contributed by atoms with Crippen LogP contribution in [0.15, 0.2) is 5.38 Å². The van der Waals surface area contributed by atoms with Crippen LogP contribution in [0.25, 0.3) is 0 Å².